The summed E-state index contributed by atoms with van der Waals surface area (Å²) in [5, 5.41) is 0. The molecule has 0 amide bonds. The van der Waals surface area contributed by atoms with Gasteiger partial charge >= 0.3 is 23.9 Å². The van der Waals surface area contributed by atoms with Gasteiger partial charge in [-0.25, -0.2) is 0 Å². The monoisotopic (exact) mass is 692 g/mol. The Kier molecular flexibility index (Phi) is 19.4. The summed E-state index contributed by atoms with van der Waals surface area (Å²) < 4.78 is 36.9. The molecule has 0 aliphatic carbocycles. The second-order valence-electron chi connectivity index (χ2n) is 11.9. The van der Waals surface area contributed by atoms with Crippen molar-refractivity contribution in [1.82, 2.24) is 8.75 Å². The molecule has 12 nitrogen and oxygen atoms in total. The Morgan fingerprint density at radius 3 is 2.08 bits per heavy atom. The first-order valence-electron chi connectivity index (χ1n) is 17.1. The van der Waals surface area contributed by atoms with Crippen LogP contribution >= 0.6 is 11.7 Å². The highest BCUT2D eigenvalue weighted by atomic mass is 32.1. The number of likely N-dealkylation sites (N-methyl/N-ethyl adjacent to an activating group) is 1. The SMILES string of the molecule is CC/C=C\CC(=O)OCC(COC(=O)C/C=C\CC)OC(=O)CCC(=O)O[C@@H](C)[N+]1(C)CCC=C(c2nsnc2OCCCCCC)C1. The van der Waals surface area contributed by atoms with E-state index in [4.69, 9.17) is 23.7 Å². The van der Waals surface area contributed by atoms with E-state index < -0.39 is 36.2 Å². The summed E-state index contributed by atoms with van der Waals surface area (Å²) in [6.45, 7) is 9.28. The molecule has 1 unspecified atom stereocenters. The van der Waals surface area contributed by atoms with Gasteiger partial charge in [0.05, 0.1) is 57.6 Å². The Hall–Kier alpha value is -3.58. The van der Waals surface area contributed by atoms with E-state index >= 15 is 0 Å². The van der Waals surface area contributed by atoms with Crippen LogP contribution in [0.3, 0.4) is 0 Å². The van der Waals surface area contributed by atoms with Crippen molar-refractivity contribution in [2.75, 3.05) is 40.0 Å². The third-order valence-corrected chi connectivity index (χ3v) is 8.32. The van der Waals surface area contributed by atoms with Gasteiger partial charge in [0.2, 0.25) is 6.23 Å². The number of quaternary nitrogens is 1. The lowest BCUT2D eigenvalue weighted by Gasteiger charge is -2.41. The number of rotatable bonds is 23. The highest BCUT2D eigenvalue weighted by molar-refractivity contribution is 6.99. The molecule has 1 aliphatic rings. The minimum atomic E-state index is -1.01. The van der Waals surface area contributed by atoms with Crippen LogP contribution in [0.2, 0.25) is 0 Å². The highest BCUT2D eigenvalue weighted by Gasteiger charge is 2.37. The maximum Gasteiger partial charge on any atom is 0.310 e. The fourth-order valence-electron chi connectivity index (χ4n) is 4.84. The van der Waals surface area contributed by atoms with Crippen LogP contribution in [0.4, 0.5) is 0 Å². The third-order valence-electron chi connectivity index (χ3n) is 7.81. The molecule has 2 heterocycles. The Labute approximate surface area is 289 Å². The fourth-order valence-corrected chi connectivity index (χ4v) is 5.37. The van der Waals surface area contributed by atoms with Gasteiger partial charge in [-0.2, -0.15) is 4.37 Å². The second kappa shape index (κ2) is 22.9. The summed E-state index contributed by atoms with van der Waals surface area (Å²) in [4.78, 5) is 49.6. The lowest BCUT2D eigenvalue weighted by molar-refractivity contribution is -0.944. The molecule has 2 atom stereocenters. The standard InChI is InChI=1S/C35H54N3O9S/c1-6-9-12-15-23-43-35-34(36-48-37-35)28-17-16-22-38(5,24-28)27(4)46-32(41)20-21-33(42)47-29(25-44-30(39)18-13-10-7-2)26-45-31(40)19-14-11-8-3/h10-11,13-14,17,27,29H,6-9,12,15-16,18-26H2,1-5H3/q+1/b13-10-,14-11-/t27-,38?/m0/s1. The summed E-state index contributed by atoms with van der Waals surface area (Å²) in [5.41, 5.74) is 1.74. The number of hydrogen-bond donors (Lipinski definition) is 0. The number of carbonyl (C=O) groups excluding carboxylic acids is 4. The molecule has 13 heteroatoms. The molecule has 0 bridgehead atoms. The van der Waals surface area contributed by atoms with Gasteiger partial charge in [-0.15, -0.1) is 4.37 Å². The lowest BCUT2D eigenvalue weighted by Crippen LogP contribution is -2.55. The van der Waals surface area contributed by atoms with Crippen LogP contribution in [-0.2, 0) is 38.1 Å². The number of nitrogens with zero attached hydrogens (tertiary/aromatic N) is 3. The van der Waals surface area contributed by atoms with E-state index in [0.29, 0.717) is 23.5 Å². The average Bonchev–Trinajstić information content (AvgIpc) is 3.54. The number of carbonyl (C=O) groups is 4. The van der Waals surface area contributed by atoms with E-state index in [1.807, 2.05) is 40.0 Å². The molecule has 1 aliphatic heterocycles. The predicted octanol–water partition coefficient (Wildman–Crippen LogP) is 6.11. The van der Waals surface area contributed by atoms with Gasteiger partial charge in [0.1, 0.15) is 25.5 Å². The summed E-state index contributed by atoms with van der Waals surface area (Å²) in [7, 11) is 2.02. The van der Waals surface area contributed by atoms with Gasteiger partial charge in [0.25, 0.3) is 5.88 Å². The average molecular weight is 693 g/mol. The van der Waals surface area contributed by atoms with Gasteiger partial charge in [-0.05, 0) is 19.3 Å². The zero-order valence-electron chi connectivity index (χ0n) is 29.3. The normalized spacial score (nSPS) is 16.9. The molecule has 0 aromatic carbocycles. The maximum atomic E-state index is 12.8. The summed E-state index contributed by atoms with van der Waals surface area (Å²) in [5.74, 6) is -1.69. The molecule has 48 heavy (non-hydrogen) atoms. The quantitative estimate of drug-likeness (QED) is 0.0431. The molecule has 1 aromatic heterocycles. The van der Waals surface area contributed by atoms with Crippen LogP contribution in [0.1, 0.15) is 104 Å². The van der Waals surface area contributed by atoms with Crippen molar-refractivity contribution < 1.29 is 47.3 Å². The Bertz CT molecular complexity index is 1210. The van der Waals surface area contributed by atoms with Crippen LogP contribution in [0.25, 0.3) is 5.57 Å². The smallest absolute Gasteiger partial charge is 0.310 e. The summed E-state index contributed by atoms with van der Waals surface area (Å²) >= 11 is 1.12. The molecule has 1 aromatic rings. The molecule has 0 saturated heterocycles. The van der Waals surface area contributed by atoms with Crippen molar-refractivity contribution >= 4 is 41.2 Å². The second-order valence-corrected chi connectivity index (χ2v) is 12.5. The molecular formula is C35H54N3O9S+. The van der Waals surface area contributed by atoms with Crippen molar-refractivity contribution in [3.8, 4) is 5.88 Å². The largest absolute Gasteiger partial charge is 0.475 e. The van der Waals surface area contributed by atoms with Crippen LogP contribution < -0.4 is 4.74 Å². The summed E-state index contributed by atoms with van der Waals surface area (Å²) in [6, 6.07) is 0. The van der Waals surface area contributed by atoms with E-state index in [1.54, 1.807) is 12.2 Å². The molecule has 0 radical (unpaired) electrons. The van der Waals surface area contributed by atoms with Crippen LogP contribution in [-0.4, -0.2) is 89.4 Å². The molecule has 0 spiro atoms. The third kappa shape index (κ3) is 15.5. The van der Waals surface area contributed by atoms with E-state index in [-0.39, 0.29) is 38.9 Å². The van der Waals surface area contributed by atoms with Crippen molar-refractivity contribution in [2.24, 2.45) is 0 Å². The van der Waals surface area contributed by atoms with Gasteiger partial charge in [-0.1, -0.05) is 70.4 Å². The molecule has 0 saturated carbocycles. The summed E-state index contributed by atoms with van der Waals surface area (Å²) in [6.07, 6.45) is 14.2. The number of unbranched alkanes of at least 4 members (excludes halogenated alkanes) is 3. The fraction of sp³-hybridized carbons (Fsp3) is 0.657. The van der Waals surface area contributed by atoms with Crippen molar-refractivity contribution in [2.45, 2.75) is 111 Å². The van der Waals surface area contributed by atoms with E-state index in [9.17, 15) is 19.2 Å². The molecule has 268 valence electrons. The Morgan fingerprint density at radius 1 is 0.854 bits per heavy atom. The Balaban J connectivity index is 1.88. The first-order valence-corrected chi connectivity index (χ1v) is 17.8. The zero-order chi connectivity index (χ0) is 35.2. The first-order chi connectivity index (χ1) is 23.1. The molecule has 0 N–H and O–H groups in total. The van der Waals surface area contributed by atoms with Crippen molar-refractivity contribution in [3.63, 3.8) is 0 Å². The van der Waals surface area contributed by atoms with E-state index in [2.05, 4.69) is 21.7 Å². The topological polar surface area (TPSA) is 140 Å². The van der Waals surface area contributed by atoms with Gasteiger partial charge in [0.15, 0.2) is 6.10 Å². The van der Waals surface area contributed by atoms with E-state index in [0.717, 1.165) is 68.1 Å². The maximum absolute atomic E-state index is 12.8. The number of allylic oxidation sites excluding steroid dienone is 2. The van der Waals surface area contributed by atoms with E-state index in [1.165, 1.54) is 6.42 Å². The molecule has 2 rings (SSSR count). The van der Waals surface area contributed by atoms with Gasteiger partial charge < -0.3 is 23.7 Å². The highest BCUT2D eigenvalue weighted by Crippen LogP contribution is 2.31. The number of ether oxygens (including phenoxy) is 5. The van der Waals surface area contributed by atoms with Crippen LogP contribution in [0, 0.1) is 0 Å². The number of esters is 4. The van der Waals surface area contributed by atoms with Crippen LogP contribution in [0.15, 0.2) is 30.4 Å². The minimum absolute atomic E-state index is 0.0730. The predicted molar refractivity (Wildman–Crippen MR) is 183 cm³/mol. The van der Waals surface area contributed by atoms with Crippen LogP contribution in [0.5, 0.6) is 5.88 Å². The molecule has 0 fully saturated rings. The van der Waals surface area contributed by atoms with Crippen molar-refractivity contribution in [1.29, 1.82) is 0 Å². The van der Waals surface area contributed by atoms with Gasteiger partial charge in [-0.3, -0.25) is 23.7 Å². The zero-order valence-corrected chi connectivity index (χ0v) is 30.1. The Morgan fingerprint density at radius 2 is 1.48 bits per heavy atom. The minimum Gasteiger partial charge on any atom is -0.475 e. The number of hydrogen-bond acceptors (Lipinski definition) is 12. The lowest BCUT2D eigenvalue weighted by atomic mass is 10.0. The van der Waals surface area contributed by atoms with Gasteiger partial charge in [0, 0.05) is 18.9 Å². The number of aromatic nitrogens is 2. The van der Waals surface area contributed by atoms with Crippen molar-refractivity contribution in [3.05, 3.63) is 36.1 Å². The molecular weight excluding hydrogens is 638 g/mol. The first kappa shape index (κ1) is 40.6.